The highest BCUT2D eigenvalue weighted by molar-refractivity contribution is 9.10. The van der Waals surface area contributed by atoms with Gasteiger partial charge in [0.1, 0.15) is 0 Å². The summed E-state index contributed by atoms with van der Waals surface area (Å²) in [5, 5.41) is 4.19. The number of rotatable bonds is 7. The van der Waals surface area contributed by atoms with Gasteiger partial charge < -0.3 is 10.1 Å². The lowest BCUT2D eigenvalue weighted by molar-refractivity contribution is 0.0944. The van der Waals surface area contributed by atoms with E-state index in [2.05, 4.69) is 37.2 Å². The summed E-state index contributed by atoms with van der Waals surface area (Å²) < 4.78 is 6.07. The molecule has 0 heterocycles. The standard InChI is InChI=1S/C12H14Br2ClNO2/c13-2-5-18-4-1-3-16-12(17)9-6-10(14)8-11(15)7-9/h6-8H,1-5H2,(H,16,17). The molecule has 0 bridgehead atoms. The summed E-state index contributed by atoms with van der Waals surface area (Å²) in [5.41, 5.74) is 0.552. The van der Waals surface area contributed by atoms with Crippen molar-refractivity contribution in [3.8, 4) is 0 Å². The number of ether oxygens (including phenoxy) is 1. The number of benzene rings is 1. The maximum Gasteiger partial charge on any atom is 0.251 e. The first-order chi connectivity index (χ1) is 8.63. The molecule has 0 saturated heterocycles. The van der Waals surface area contributed by atoms with Crippen LogP contribution in [0.5, 0.6) is 0 Å². The Kier molecular flexibility index (Phi) is 7.90. The van der Waals surface area contributed by atoms with Crippen molar-refractivity contribution in [1.29, 1.82) is 0 Å². The van der Waals surface area contributed by atoms with Crippen molar-refractivity contribution in [2.45, 2.75) is 6.42 Å². The van der Waals surface area contributed by atoms with Gasteiger partial charge in [-0.15, -0.1) is 0 Å². The van der Waals surface area contributed by atoms with E-state index in [1.54, 1.807) is 18.2 Å². The molecule has 0 aromatic heterocycles. The van der Waals surface area contributed by atoms with Gasteiger partial charge in [-0.1, -0.05) is 43.5 Å². The molecular weight excluding hydrogens is 385 g/mol. The second kappa shape index (κ2) is 8.91. The Balaban J connectivity index is 2.32. The number of amides is 1. The molecule has 100 valence electrons. The molecule has 0 unspecified atom stereocenters. The number of hydrogen-bond acceptors (Lipinski definition) is 2. The monoisotopic (exact) mass is 397 g/mol. The number of carbonyl (C=O) groups is 1. The van der Waals surface area contributed by atoms with E-state index in [1.807, 2.05) is 0 Å². The summed E-state index contributed by atoms with van der Waals surface area (Å²) in [6.07, 6.45) is 0.792. The van der Waals surface area contributed by atoms with Crippen molar-refractivity contribution < 1.29 is 9.53 Å². The van der Waals surface area contributed by atoms with Gasteiger partial charge in [-0.3, -0.25) is 4.79 Å². The van der Waals surface area contributed by atoms with Crippen molar-refractivity contribution in [1.82, 2.24) is 5.32 Å². The Morgan fingerprint density at radius 3 is 2.78 bits per heavy atom. The first kappa shape index (κ1) is 16.0. The molecule has 18 heavy (non-hydrogen) atoms. The summed E-state index contributed by atoms with van der Waals surface area (Å²) in [4.78, 5) is 11.8. The Morgan fingerprint density at radius 2 is 2.11 bits per heavy atom. The molecule has 3 nitrogen and oxygen atoms in total. The maximum atomic E-state index is 11.8. The number of carbonyl (C=O) groups excluding carboxylic acids is 1. The first-order valence-electron chi connectivity index (χ1n) is 5.51. The molecule has 0 fully saturated rings. The summed E-state index contributed by atoms with van der Waals surface area (Å²) in [6, 6.07) is 5.12. The van der Waals surface area contributed by atoms with Crippen LogP contribution in [0.2, 0.25) is 5.02 Å². The van der Waals surface area contributed by atoms with Gasteiger partial charge in [0.15, 0.2) is 0 Å². The van der Waals surface area contributed by atoms with E-state index < -0.39 is 0 Å². The van der Waals surface area contributed by atoms with Gasteiger partial charge in [-0.2, -0.15) is 0 Å². The van der Waals surface area contributed by atoms with Crippen LogP contribution in [0, 0.1) is 0 Å². The topological polar surface area (TPSA) is 38.3 Å². The molecule has 1 aromatic carbocycles. The van der Waals surface area contributed by atoms with Crippen molar-refractivity contribution in [2.24, 2.45) is 0 Å². The highest BCUT2D eigenvalue weighted by Gasteiger charge is 2.06. The van der Waals surface area contributed by atoms with Gasteiger partial charge in [0.05, 0.1) is 6.61 Å². The van der Waals surface area contributed by atoms with E-state index in [1.165, 1.54) is 0 Å². The summed E-state index contributed by atoms with van der Waals surface area (Å²) in [5.74, 6) is -0.126. The lowest BCUT2D eigenvalue weighted by Gasteiger charge is -2.06. The zero-order valence-electron chi connectivity index (χ0n) is 9.72. The van der Waals surface area contributed by atoms with Gasteiger partial charge in [0, 0.05) is 33.5 Å². The second-order valence-corrected chi connectivity index (χ2v) is 5.71. The predicted octanol–water partition coefficient (Wildman–Crippen LogP) is 3.63. The third-order valence-corrected chi connectivity index (χ3v) is 3.10. The minimum Gasteiger partial charge on any atom is -0.381 e. The third kappa shape index (κ3) is 6.18. The highest BCUT2D eigenvalue weighted by atomic mass is 79.9. The number of nitrogens with one attached hydrogen (secondary N) is 1. The number of hydrogen-bond donors (Lipinski definition) is 1. The molecule has 1 aromatic rings. The molecule has 1 amide bonds. The molecule has 0 saturated carbocycles. The normalized spacial score (nSPS) is 10.4. The highest BCUT2D eigenvalue weighted by Crippen LogP contribution is 2.19. The lowest BCUT2D eigenvalue weighted by Crippen LogP contribution is -2.25. The van der Waals surface area contributed by atoms with E-state index in [0.717, 1.165) is 16.2 Å². The van der Waals surface area contributed by atoms with Gasteiger partial charge in [0.25, 0.3) is 5.91 Å². The number of halogens is 3. The number of alkyl halides is 1. The molecule has 1 N–H and O–H groups in total. The summed E-state index contributed by atoms with van der Waals surface area (Å²) in [7, 11) is 0. The third-order valence-electron chi connectivity index (χ3n) is 2.10. The van der Waals surface area contributed by atoms with Crippen LogP contribution in [-0.4, -0.2) is 31.0 Å². The zero-order chi connectivity index (χ0) is 13.4. The minimum atomic E-state index is -0.126. The van der Waals surface area contributed by atoms with Crippen LogP contribution in [0.25, 0.3) is 0 Å². The molecule has 0 radical (unpaired) electrons. The van der Waals surface area contributed by atoms with E-state index in [9.17, 15) is 4.79 Å². The van der Waals surface area contributed by atoms with Crippen molar-refractivity contribution in [3.63, 3.8) is 0 Å². The quantitative estimate of drug-likeness (QED) is 0.562. The Bertz CT molecular complexity index is 381. The SMILES string of the molecule is O=C(NCCCOCCBr)c1cc(Cl)cc(Br)c1. The minimum absolute atomic E-state index is 0.126. The smallest absolute Gasteiger partial charge is 0.251 e. The molecule has 0 aliphatic heterocycles. The van der Waals surface area contributed by atoms with Crippen LogP contribution in [0.15, 0.2) is 22.7 Å². The summed E-state index contributed by atoms with van der Waals surface area (Å²) in [6.45, 7) is 1.92. The predicted molar refractivity (Wildman–Crippen MR) is 80.7 cm³/mol. The largest absolute Gasteiger partial charge is 0.381 e. The second-order valence-electron chi connectivity index (χ2n) is 3.57. The van der Waals surface area contributed by atoms with Crippen LogP contribution >= 0.6 is 43.5 Å². The maximum absolute atomic E-state index is 11.8. The van der Waals surface area contributed by atoms with Crippen LogP contribution in [0.1, 0.15) is 16.8 Å². The fourth-order valence-electron chi connectivity index (χ4n) is 1.32. The Morgan fingerprint density at radius 1 is 1.33 bits per heavy atom. The average Bonchev–Trinajstić information content (AvgIpc) is 2.32. The van der Waals surface area contributed by atoms with Gasteiger partial charge in [-0.25, -0.2) is 0 Å². The molecule has 0 atom stereocenters. The van der Waals surface area contributed by atoms with Crippen LogP contribution in [-0.2, 0) is 4.74 Å². The van der Waals surface area contributed by atoms with Gasteiger partial charge in [0.2, 0.25) is 0 Å². The van der Waals surface area contributed by atoms with Crippen molar-refractivity contribution in [2.75, 3.05) is 25.1 Å². The average molecular weight is 400 g/mol. The Labute approximate surface area is 128 Å². The van der Waals surface area contributed by atoms with Gasteiger partial charge >= 0.3 is 0 Å². The zero-order valence-corrected chi connectivity index (χ0v) is 13.6. The summed E-state index contributed by atoms with van der Waals surface area (Å²) >= 11 is 12.5. The molecule has 0 aliphatic rings. The first-order valence-corrected chi connectivity index (χ1v) is 7.80. The molecular formula is C12H14Br2ClNO2. The van der Waals surface area contributed by atoms with Gasteiger partial charge in [-0.05, 0) is 24.6 Å². The molecule has 0 aliphatic carbocycles. The molecule has 0 spiro atoms. The lowest BCUT2D eigenvalue weighted by atomic mass is 10.2. The van der Waals surface area contributed by atoms with E-state index >= 15 is 0 Å². The van der Waals surface area contributed by atoms with Crippen LogP contribution < -0.4 is 5.32 Å². The van der Waals surface area contributed by atoms with E-state index in [4.69, 9.17) is 16.3 Å². The van der Waals surface area contributed by atoms with Crippen LogP contribution in [0.3, 0.4) is 0 Å². The van der Waals surface area contributed by atoms with E-state index in [0.29, 0.717) is 30.3 Å². The van der Waals surface area contributed by atoms with Crippen molar-refractivity contribution in [3.05, 3.63) is 33.3 Å². The van der Waals surface area contributed by atoms with Crippen molar-refractivity contribution >= 4 is 49.4 Å². The van der Waals surface area contributed by atoms with E-state index in [-0.39, 0.29) is 5.91 Å². The van der Waals surface area contributed by atoms with Crippen LogP contribution in [0.4, 0.5) is 0 Å². The fraction of sp³-hybridized carbons (Fsp3) is 0.417. The fourth-order valence-corrected chi connectivity index (χ4v) is 2.41. The Hall–Kier alpha value is -0.100. The molecule has 6 heteroatoms. The molecule has 1 rings (SSSR count).